The molecule has 25 heavy (non-hydrogen) atoms. The highest BCUT2D eigenvalue weighted by Gasteiger charge is 2.35. The molecule has 2 rings (SSSR count). The summed E-state index contributed by atoms with van der Waals surface area (Å²) in [5.74, 6) is -2.64. The van der Waals surface area contributed by atoms with E-state index in [4.69, 9.17) is 0 Å². The number of carbonyl (C=O) groups is 2. The first-order valence-corrected chi connectivity index (χ1v) is 8.05. The summed E-state index contributed by atoms with van der Waals surface area (Å²) in [6.45, 7) is 1.46. The second-order valence-corrected chi connectivity index (χ2v) is 5.83. The minimum atomic E-state index is -1.20. The van der Waals surface area contributed by atoms with Gasteiger partial charge in [-0.1, -0.05) is 19.3 Å². The zero-order valence-electron chi connectivity index (χ0n) is 13.7. The smallest absolute Gasteiger partial charge is 0.379 e. The molecule has 0 aliphatic heterocycles. The molecule has 0 amide bonds. The van der Waals surface area contributed by atoms with Crippen LogP contribution in [-0.2, 0) is 9.53 Å². The number of rotatable bonds is 6. The molecular formula is C16H18N2O7. The third-order valence-corrected chi connectivity index (χ3v) is 4.27. The Morgan fingerprint density at radius 1 is 1.08 bits per heavy atom. The predicted octanol–water partition coefficient (Wildman–Crippen LogP) is 3.30. The molecule has 0 saturated heterocycles. The number of benzene rings is 1. The molecule has 0 atom stereocenters. The van der Waals surface area contributed by atoms with Crippen LogP contribution < -0.4 is 0 Å². The Morgan fingerprint density at radius 2 is 1.60 bits per heavy atom. The molecule has 0 bridgehead atoms. The zero-order chi connectivity index (χ0) is 18.6. The number of Topliss-reactive ketones (excluding diaryl/α,β-unsaturated/α-hetero) is 1. The number of nitrogens with zero attached hydrogens (tertiary/aromatic N) is 2. The van der Waals surface area contributed by atoms with E-state index in [1.54, 1.807) is 0 Å². The fraction of sp³-hybridized carbons (Fsp3) is 0.500. The molecule has 1 saturated carbocycles. The van der Waals surface area contributed by atoms with Crippen molar-refractivity contribution in [3.05, 3.63) is 43.5 Å². The van der Waals surface area contributed by atoms with Gasteiger partial charge in [0, 0.05) is 17.7 Å². The molecule has 0 unspecified atom stereocenters. The largest absolute Gasteiger partial charge is 0.460 e. The maximum atomic E-state index is 12.1. The Bertz CT molecular complexity index is 688. The maximum Gasteiger partial charge on any atom is 0.379 e. The summed E-state index contributed by atoms with van der Waals surface area (Å²) >= 11 is 0. The maximum absolute atomic E-state index is 12.1. The highest BCUT2D eigenvalue weighted by molar-refractivity contribution is 6.40. The van der Waals surface area contributed by atoms with Gasteiger partial charge in [0.1, 0.15) is 5.56 Å². The zero-order valence-corrected chi connectivity index (χ0v) is 13.7. The second kappa shape index (κ2) is 7.82. The van der Waals surface area contributed by atoms with Crippen LogP contribution in [0.5, 0.6) is 0 Å². The van der Waals surface area contributed by atoms with E-state index in [9.17, 15) is 29.8 Å². The van der Waals surface area contributed by atoms with E-state index in [1.807, 2.05) is 0 Å². The summed E-state index contributed by atoms with van der Waals surface area (Å²) in [6, 6.07) is 1.88. The molecule has 0 aromatic heterocycles. The first kappa shape index (κ1) is 18.5. The Balaban J connectivity index is 2.59. The molecule has 9 heteroatoms. The molecule has 9 nitrogen and oxygen atoms in total. The van der Waals surface area contributed by atoms with Crippen LogP contribution in [0.3, 0.4) is 0 Å². The summed E-state index contributed by atoms with van der Waals surface area (Å²) < 4.78 is 4.58. The number of ether oxygens (including phenoxy) is 1. The molecule has 0 radical (unpaired) electrons. The van der Waals surface area contributed by atoms with Gasteiger partial charge in [-0.25, -0.2) is 4.79 Å². The quantitative estimate of drug-likeness (QED) is 0.253. The Hall–Kier alpha value is -2.84. The highest BCUT2D eigenvalue weighted by Crippen LogP contribution is 2.43. The summed E-state index contributed by atoms with van der Waals surface area (Å²) in [5.41, 5.74) is -1.35. The van der Waals surface area contributed by atoms with Crippen LogP contribution in [0.25, 0.3) is 0 Å². The number of nitro groups is 2. The van der Waals surface area contributed by atoms with E-state index in [0.29, 0.717) is 12.8 Å². The van der Waals surface area contributed by atoms with E-state index in [2.05, 4.69) is 4.74 Å². The standard InChI is InChI=1S/C16H18N2O7/c1-2-25-16(20)15(19)11-8-12(17(21)22)14(13(9-11)18(23)24)10-6-4-3-5-7-10/h8-10H,2-7H2,1H3. The predicted molar refractivity (Wildman–Crippen MR) is 86.5 cm³/mol. The van der Waals surface area contributed by atoms with Crippen LogP contribution in [0.4, 0.5) is 11.4 Å². The molecule has 1 aromatic carbocycles. The van der Waals surface area contributed by atoms with Gasteiger partial charge >= 0.3 is 5.97 Å². The first-order chi connectivity index (χ1) is 11.9. The fourth-order valence-electron chi connectivity index (χ4n) is 3.18. The number of esters is 1. The van der Waals surface area contributed by atoms with E-state index in [1.165, 1.54) is 6.92 Å². The van der Waals surface area contributed by atoms with Gasteiger partial charge in [0.2, 0.25) is 0 Å². The van der Waals surface area contributed by atoms with Gasteiger partial charge in [0.15, 0.2) is 0 Å². The summed E-state index contributed by atoms with van der Waals surface area (Å²) in [4.78, 5) is 45.1. The third kappa shape index (κ3) is 3.98. The molecule has 0 heterocycles. The van der Waals surface area contributed by atoms with E-state index >= 15 is 0 Å². The molecular weight excluding hydrogens is 332 g/mol. The topological polar surface area (TPSA) is 130 Å². The Kier molecular flexibility index (Phi) is 5.79. The van der Waals surface area contributed by atoms with Crippen LogP contribution >= 0.6 is 0 Å². The van der Waals surface area contributed by atoms with Gasteiger partial charge in [0.05, 0.1) is 16.5 Å². The van der Waals surface area contributed by atoms with Crippen molar-refractivity contribution in [2.75, 3.05) is 6.61 Å². The Labute approximate surface area is 143 Å². The Morgan fingerprint density at radius 3 is 2.04 bits per heavy atom. The van der Waals surface area contributed by atoms with Crippen LogP contribution in [0.15, 0.2) is 12.1 Å². The summed E-state index contributed by atoms with van der Waals surface area (Å²) in [7, 11) is 0. The number of nitro benzene ring substituents is 2. The SMILES string of the molecule is CCOC(=O)C(=O)c1cc([N+](=O)[O-])c(C2CCCCC2)c([N+](=O)[O-])c1. The first-order valence-electron chi connectivity index (χ1n) is 8.05. The van der Waals surface area contributed by atoms with Crippen molar-refractivity contribution in [2.45, 2.75) is 44.9 Å². The molecule has 1 aliphatic carbocycles. The van der Waals surface area contributed by atoms with Crippen molar-refractivity contribution in [1.29, 1.82) is 0 Å². The molecule has 0 N–H and O–H groups in total. The average molecular weight is 350 g/mol. The van der Waals surface area contributed by atoms with Crippen LogP contribution in [0.2, 0.25) is 0 Å². The van der Waals surface area contributed by atoms with Crippen molar-refractivity contribution in [2.24, 2.45) is 0 Å². The molecule has 134 valence electrons. The number of carbonyl (C=O) groups excluding carboxylic acids is 2. The minimum Gasteiger partial charge on any atom is -0.460 e. The van der Waals surface area contributed by atoms with E-state index in [-0.39, 0.29) is 18.1 Å². The van der Waals surface area contributed by atoms with E-state index in [0.717, 1.165) is 31.4 Å². The van der Waals surface area contributed by atoms with Crippen LogP contribution in [0, 0.1) is 20.2 Å². The normalized spacial score (nSPS) is 14.8. The lowest BCUT2D eigenvalue weighted by Gasteiger charge is -2.21. The lowest BCUT2D eigenvalue weighted by molar-refractivity contribution is -0.395. The van der Waals surface area contributed by atoms with Gasteiger partial charge in [0.25, 0.3) is 17.2 Å². The number of hydrogen-bond donors (Lipinski definition) is 0. The lowest BCUT2D eigenvalue weighted by atomic mass is 9.82. The summed E-state index contributed by atoms with van der Waals surface area (Å²) in [5, 5.41) is 22.9. The minimum absolute atomic E-state index is 0.0371. The van der Waals surface area contributed by atoms with Crippen molar-refractivity contribution in [1.82, 2.24) is 0 Å². The van der Waals surface area contributed by atoms with Gasteiger partial charge in [-0.2, -0.15) is 0 Å². The van der Waals surface area contributed by atoms with Crippen molar-refractivity contribution in [3.63, 3.8) is 0 Å². The van der Waals surface area contributed by atoms with E-state index < -0.39 is 38.5 Å². The third-order valence-electron chi connectivity index (χ3n) is 4.27. The molecule has 0 spiro atoms. The van der Waals surface area contributed by atoms with Gasteiger partial charge in [-0.3, -0.25) is 25.0 Å². The van der Waals surface area contributed by atoms with Gasteiger partial charge in [-0.15, -0.1) is 0 Å². The van der Waals surface area contributed by atoms with Gasteiger partial charge in [-0.05, 0) is 25.7 Å². The average Bonchev–Trinajstić information content (AvgIpc) is 2.60. The molecule has 1 aliphatic rings. The fourth-order valence-corrected chi connectivity index (χ4v) is 3.18. The van der Waals surface area contributed by atoms with Crippen molar-refractivity contribution in [3.8, 4) is 0 Å². The molecule has 1 aromatic rings. The highest BCUT2D eigenvalue weighted by atomic mass is 16.6. The lowest BCUT2D eigenvalue weighted by Crippen LogP contribution is -2.19. The monoisotopic (exact) mass is 350 g/mol. The number of ketones is 1. The van der Waals surface area contributed by atoms with Crippen LogP contribution in [-0.4, -0.2) is 28.2 Å². The molecule has 1 fully saturated rings. The van der Waals surface area contributed by atoms with Gasteiger partial charge < -0.3 is 4.74 Å². The second-order valence-electron chi connectivity index (χ2n) is 5.83. The van der Waals surface area contributed by atoms with Crippen LogP contribution in [0.1, 0.15) is 60.9 Å². The van der Waals surface area contributed by atoms with Crippen molar-refractivity contribution >= 4 is 23.1 Å². The summed E-state index contributed by atoms with van der Waals surface area (Å²) in [6.07, 6.45) is 3.89. The van der Waals surface area contributed by atoms with Crippen molar-refractivity contribution < 1.29 is 24.2 Å². The number of hydrogen-bond acceptors (Lipinski definition) is 7.